The van der Waals surface area contributed by atoms with E-state index >= 15 is 0 Å². The van der Waals surface area contributed by atoms with Crippen LogP contribution in [0.3, 0.4) is 0 Å². The molecule has 0 aliphatic carbocycles. The molecule has 0 spiro atoms. The Morgan fingerprint density at radius 2 is 1.89 bits per heavy atom. The molecule has 0 fully saturated rings. The predicted molar refractivity (Wildman–Crippen MR) is 102 cm³/mol. The van der Waals surface area contributed by atoms with Crippen LogP contribution in [0.15, 0.2) is 79.1 Å². The molecule has 1 amide bonds. The summed E-state index contributed by atoms with van der Waals surface area (Å²) in [5.41, 5.74) is 0.928. The molecule has 0 saturated heterocycles. The van der Waals surface area contributed by atoms with Gasteiger partial charge in [0.1, 0.15) is 11.5 Å². The van der Waals surface area contributed by atoms with Crippen LogP contribution in [0.2, 0.25) is 0 Å². The van der Waals surface area contributed by atoms with Gasteiger partial charge in [-0.2, -0.15) is 0 Å². The van der Waals surface area contributed by atoms with Crippen LogP contribution in [0.1, 0.15) is 5.56 Å². The van der Waals surface area contributed by atoms with Crippen LogP contribution in [0, 0.1) is 10.1 Å². The third-order valence-corrected chi connectivity index (χ3v) is 3.47. The van der Waals surface area contributed by atoms with Crippen LogP contribution in [0.4, 0.5) is 11.4 Å². The first kappa shape index (κ1) is 17.8. The molecule has 0 aliphatic rings. The van der Waals surface area contributed by atoms with E-state index in [1.165, 1.54) is 30.5 Å². The number of aromatic nitrogens is 1. The highest BCUT2D eigenvalue weighted by Gasteiger charge is 2.12. The number of carbonyl (C=O) groups is 1. The molecule has 0 radical (unpaired) electrons. The molecule has 1 N–H and O–H groups in total. The minimum absolute atomic E-state index is 0.196. The van der Waals surface area contributed by atoms with Crippen LogP contribution in [-0.2, 0) is 4.79 Å². The number of pyridine rings is 1. The number of nitrogens with one attached hydrogen (secondary N) is 1. The Hall–Kier alpha value is -4.00. The van der Waals surface area contributed by atoms with Gasteiger partial charge < -0.3 is 10.1 Å². The van der Waals surface area contributed by atoms with Crippen molar-refractivity contribution in [2.45, 2.75) is 0 Å². The van der Waals surface area contributed by atoms with Gasteiger partial charge in [0.25, 0.3) is 5.69 Å². The second-order valence-corrected chi connectivity index (χ2v) is 5.50. The van der Waals surface area contributed by atoms with Crippen LogP contribution in [-0.4, -0.2) is 15.8 Å². The highest BCUT2D eigenvalue weighted by molar-refractivity contribution is 6.02. The van der Waals surface area contributed by atoms with Crippen LogP contribution >= 0.6 is 0 Å². The molecule has 0 unspecified atom stereocenters. The minimum Gasteiger partial charge on any atom is -0.455 e. The molecular formula is C20H15N3O4. The molecule has 0 aliphatic heterocycles. The first-order valence-electron chi connectivity index (χ1n) is 8.01. The number of nitrogens with zero attached hydrogens (tertiary/aromatic N) is 2. The number of rotatable bonds is 6. The fourth-order valence-electron chi connectivity index (χ4n) is 2.28. The standard InChI is InChI=1S/C20H15N3O4/c24-20(9-8-15-5-2-1-3-6-15)22-16-11-17(23(25)26)13-19(12-16)27-18-7-4-10-21-14-18/h1-14H,(H,22,24)/b9-8+. The maximum Gasteiger partial charge on any atom is 0.275 e. The second kappa shape index (κ2) is 8.39. The zero-order valence-electron chi connectivity index (χ0n) is 14.1. The monoisotopic (exact) mass is 361 g/mol. The van der Waals surface area contributed by atoms with E-state index in [4.69, 9.17) is 4.74 Å². The maximum absolute atomic E-state index is 12.1. The second-order valence-electron chi connectivity index (χ2n) is 5.50. The molecule has 7 nitrogen and oxygen atoms in total. The molecular weight excluding hydrogens is 346 g/mol. The van der Waals surface area contributed by atoms with Gasteiger partial charge in [-0.15, -0.1) is 0 Å². The summed E-state index contributed by atoms with van der Waals surface area (Å²) < 4.78 is 5.58. The summed E-state index contributed by atoms with van der Waals surface area (Å²) in [4.78, 5) is 26.7. The van der Waals surface area contributed by atoms with Crippen LogP contribution in [0.5, 0.6) is 11.5 Å². The lowest BCUT2D eigenvalue weighted by molar-refractivity contribution is -0.384. The Kier molecular flexibility index (Phi) is 5.54. The van der Waals surface area contributed by atoms with Gasteiger partial charge in [0.05, 0.1) is 22.9 Å². The number of hydrogen-bond acceptors (Lipinski definition) is 5. The molecule has 1 aromatic heterocycles. The van der Waals surface area contributed by atoms with Crippen LogP contribution < -0.4 is 10.1 Å². The topological polar surface area (TPSA) is 94.4 Å². The summed E-state index contributed by atoms with van der Waals surface area (Å²) in [6.45, 7) is 0. The lowest BCUT2D eigenvalue weighted by Gasteiger charge is -2.08. The number of anilines is 1. The largest absolute Gasteiger partial charge is 0.455 e. The molecule has 1 heterocycles. The van der Waals surface area contributed by atoms with Gasteiger partial charge in [0, 0.05) is 24.4 Å². The zero-order chi connectivity index (χ0) is 19.1. The molecule has 0 saturated carbocycles. The summed E-state index contributed by atoms with van der Waals surface area (Å²) in [5.74, 6) is 0.241. The molecule has 0 bridgehead atoms. The Morgan fingerprint density at radius 3 is 2.59 bits per heavy atom. The van der Waals surface area contributed by atoms with Crippen molar-refractivity contribution in [3.63, 3.8) is 0 Å². The average Bonchev–Trinajstić information content (AvgIpc) is 2.68. The number of nitro benzene ring substituents is 1. The Morgan fingerprint density at radius 1 is 1.07 bits per heavy atom. The predicted octanol–water partition coefficient (Wildman–Crippen LogP) is 4.43. The maximum atomic E-state index is 12.1. The van der Waals surface area contributed by atoms with E-state index in [2.05, 4.69) is 10.3 Å². The summed E-state index contributed by atoms with van der Waals surface area (Å²) >= 11 is 0. The summed E-state index contributed by atoms with van der Waals surface area (Å²) in [6.07, 6.45) is 6.08. The summed E-state index contributed by atoms with van der Waals surface area (Å²) in [7, 11) is 0. The van der Waals surface area contributed by atoms with E-state index < -0.39 is 10.8 Å². The molecule has 3 rings (SSSR count). The van der Waals surface area contributed by atoms with Crippen molar-refractivity contribution in [3.8, 4) is 11.5 Å². The fraction of sp³-hybridized carbons (Fsp3) is 0. The average molecular weight is 361 g/mol. The van der Waals surface area contributed by atoms with Crippen molar-refractivity contribution in [1.29, 1.82) is 0 Å². The van der Waals surface area contributed by atoms with E-state index in [-0.39, 0.29) is 17.1 Å². The van der Waals surface area contributed by atoms with Crippen molar-refractivity contribution < 1.29 is 14.5 Å². The number of nitro groups is 1. The SMILES string of the molecule is O=C(/C=C/c1ccccc1)Nc1cc(Oc2cccnc2)cc([N+](=O)[O-])c1. The number of carbonyl (C=O) groups excluding carboxylic acids is 1. The lowest BCUT2D eigenvalue weighted by atomic mass is 10.2. The van der Waals surface area contributed by atoms with Crippen molar-refractivity contribution >= 4 is 23.4 Å². The number of amides is 1. The van der Waals surface area contributed by atoms with Crippen molar-refractivity contribution in [2.24, 2.45) is 0 Å². The lowest BCUT2D eigenvalue weighted by Crippen LogP contribution is -2.08. The van der Waals surface area contributed by atoms with Gasteiger partial charge in [-0.05, 0) is 23.8 Å². The third-order valence-electron chi connectivity index (χ3n) is 3.47. The van der Waals surface area contributed by atoms with Crippen molar-refractivity contribution in [1.82, 2.24) is 4.98 Å². The molecule has 3 aromatic rings. The van der Waals surface area contributed by atoms with Gasteiger partial charge in [0.15, 0.2) is 0 Å². The molecule has 0 atom stereocenters. The van der Waals surface area contributed by atoms with Crippen LogP contribution in [0.25, 0.3) is 6.08 Å². The molecule has 2 aromatic carbocycles. The number of ether oxygens (including phenoxy) is 1. The first-order chi connectivity index (χ1) is 13.1. The Balaban J connectivity index is 1.78. The van der Waals surface area contributed by atoms with E-state index in [0.717, 1.165) is 5.56 Å². The number of hydrogen-bond donors (Lipinski definition) is 1. The smallest absolute Gasteiger partial charge is 0.275 e. The number of non-ortho nitro benzene ring substituents is 1. The van der Waals surface area contributed by atoms with Crippen molar-refractivity contribution in [3.05, 3.63) is 94.8 Å². The van der Waals surface area contributed by atoms with Gasteiger partial charge in [0.2, 0.25) is 5.91 Å². The normalized spacial score (nSPS) is 10.5. The highest BCUT2D eigenvalue weighted by Crippen LogP contribution is 2.29. The van der Waals surface area contributed by atoms with Gasteiger partial charge >= 0.3 is 0 Å². The number of benzene rings is 2. The zero-order valence-corrected chi connectivity index (χ0v) is 14.1. The third kappa shape index (κ3) is 5.23. The Bertz CT molecular complexity index is 973. The molecule has 134 valence electrons. The molecule has 27 heavy (non-hydrogen) atoms. The van der Waals surface area contributed by atoms with E-state index in [9.17, 15) is 14.9 Å². The fourth-order valence-corrected chi connectivity index (χ4v) is 2.28. The minimum atomic E-state index is -0.550. The highest BCUT2D eigenvalue weighted by atomic mass is 16.6. The quantitative estimate of drug-likeness (QED) is 0.398. The Labute approximate surface area is 155 Å². The summed E-state index contributed by atoms with van der Waals surface area (Å²) in [5, 5.41) is 13.8. The first-order valence-corrected chi connectivity index (χ1v) is 8.01. The van der Waals surface area contributed by atoms with Gasteiger partial charge in [-0.25, -0.2) is 0 Å². The van der Waals surface area contributed by atoms with E-state index in [0.29, 0.717) is 5.75 Å². The van der Waals surface area contributed by atoms with Gasteiger partial charge in [-0.1, -0.05) is 30.3 Å². The summed E-state index contributed by atoms with van der Waals surface area (Å²) in [6, 6.07) is 16.7. The van der Waals surface area contributed by atoms with E-state index in [1.807, 2.05) is 30.3 Å². The molecule has 7 heteroatoms. The van der Waals surface area contributed by atoms with Gasteiger partial charge in [-0.3, -0.25) is 19.9 Å². The van der Waals surface area contributed by atoms with E-state index in [1.54, 1.807) is 24.4 Å². The van der Waals surface area contributed by atoms with Crippen molar-refractivity contribution in [2.75, 3.05) is 5.32 Å².